The largest absolute Gasteiger partial charge is 0.355 e. The van der Waals surface area contributed by atoms with E-state index in [0.717, 1.165) is 18.1 Å². The van der Waals surface area contributed by atoms with Gasteiger partial charge in [0.15, 0.2) is 0 Å². The highest BCUT2D eigenvalue weighted by molar-refractivity contribution is 5.37. The van der Waals surface area contributed by atoms with Crippen LogP contribution in [0.5, 0.6) is 0 Å². The lowest BCUT2D eigenvalue weighted by Gasteiger charge is -2.20. The first-order chi connectivity index (χ1) is 7.96. The minimum absolute atomic E-state index is 0.116. The van der Waals surface area contributed by atoms with E-state index in [-0.39, 0.29) is 5.54 Å². The SMILES string of the molecule is CN(c1cnc(CNC(C)(C)C)cn1)C1CC1. The van der Waals surface area contributed by atoms with Gasteiger partial charge in [-0.15, -0.1) is 0 Å². The second-order valence-electron chi connectivity index (χ2n) is 5.81. The Bertz CT molecular complexity index is 362. The third kappa shape index (κ3) is 3.66. The maximum Gasteiger partial charge on any atom is 0.147 e. The Labute approximate surface area is 103 Å². The lowest BCUT2D eigenvalue weighted by molar-refractivity contribution is 0.421. The smallest absolute Gasteiger partial charge is 0.147 e. The van der Waals surface area contributed by atoms with Crippen LogP contribution in [-0.2, 0) is 6.54 Å². The van der Waals surface area contributed by atoms with Gasteiger partial charge in [-0.3, -0.25) is 4.98 Å². The molecule has 4 nitrogen and oxygen atoms in total. The third-order valence-corrected chi connectivity index (χ3v) is 2.95. The van der Waals surface area contributed by atoms with Gasteiger partial charge in [0.05, 0.1) is 18.1 Å². The van der Waals surface area contributed by atoms with Gasteiger partial charge in [0, 0.05) is 25.2 Å². The monoisotopic (exact) mass is 234 g/mol. The minimum atomic E-state index is 0.116. The number of aromatic nitrogens is 2. The lowest BCUT2D eigenvalue weighted by Crippen LogP contribution is -2.35. The summed E-state index contributed by atoms with van der Waals surface area (Å²) in [6, 6.07) is 0.683. The summed E-state index contributed by atoms with van der Waals surface area (Å²) < 4.78 is 0. The first-order valence-corrected chi connectivity index (χ1v) is 6.24. The van der Waals surface area contributed by atoms with Gasteiger partial charge in [-0.2, -0.15) is 0 Å². The quantitative estimate of drug-likeness (QED) is 0.864. The normalized spacial score (nSPS) is 16.0. The summed E-state index contributed by atoms with van der Waals surface area (Å²) in [7, 11) is 2.09. The molecular weight excluding hydrogens is 212 g/mol. The molecule has 0 amide bonds. The summed E-state index contributed by atoms with van der Waals surface area (Å²) in [5.41, 5.74) is 1.11. The number of nitrogens with one attached hydrogen (secondary N) is 1. The summed E-state index contributed by atoms with van der Waals surface area (Å²) in [4.78, 5) is 11.1. The van der Waals surface area contributed by atoms with Gasteiger partial charge < -0.3 is 10.2 Å². The molecule has 4 heteroatoms. The second-order valence-corrected chi connectivity index (χ2v) is 5.81. The molecule has 1 fully saturated rings. The Kier molecular flexibility index (Phi) is 3.33. The van der Waals surface area contributed by atoms with Crippen molar-refractivity contribution in [1.29, 1.82) is 0 Å². The van der Waals surface area contributed by atoms with Gasteiger partial charge in [-0.25, -0.2) is 4.98 Å². The molecule has 1 aliphatic carbocycles. The van der Waals surface area contributed by atoms with E-state index in [2.05, 4.69) is 48.0 Å². The first-order valence-electron chi connectivity index (χ1n) is 6.24. The van der Waals surface area contributed by atoms with Crippen molar-refractivity contribution in [2.45, 2.75) is 51.7 Å². The van der Waals surface area contributed by atoms with E-state index < -0.39 is 0 Å². The van der Waals surface area contributed by atoms with Crippen molar-refractivity contribution in [2.24, 2.45) is 0 Å². The molecule has 0 atom stereocenters. The number of hydrogen-bond donors (Lipinski definition) is 1. The second kappa shape index (κ2) is 4.61. The fourth-order valence-corrected chi connectivity index (χ4v) is 1.63. The highest BCUT2D eigenvalue weighted by atomic mass is 15.2. The van der Waals surface area contributed by atoms with Gasteiger partial charge in [-0.05, 0) is 33.6 Å². The molecule has 0 aliphatic heterocycles. The molecule has 94 valence electrons. The van der Waals surface area contributed by atoms with Crippen molar-refractivity contribution in [2.75, 3.05) is 11.9 Å². The zero-order chi connectivity index (χ0) is 12.5. The van der Waals surface area contributed by atoms with E-state index in [1.54, 1.807) is 0 Å². The van der Waals surface area contributed by atoms with E-state index >= 15 is 0 Å². The maximum absolute atomic E-state index is 4.46. The van der Waals surface area contributed by atoms with Crippen LogP contribution in [0.1, 0.15) is 39.3 Å². The molecule has 1 N–H and O–H groups in total. The molecule has 0 saturated heterocycles. The molecule has 0 unspecified atom stereocenters. The van der Waals surface area contributed by atoms with E-state index in [4.69, 9.17) is 0 Å². The van der Waals surface area contributed by atoms with Crippen molar-refractivity contribution in [3.63, 3.8) is 0 Å². The summed E-state index contributed by atoms with van der Waals surface area (Å²) in [5.74, 6) is 0.979. The number of anilines is 1. The van der Waals surface area contributed by atoms with Crippen LogP contribution in [0, 0.1) is 0 Å². The molecule has 1 saturated carbocycles. The topological polar surface area (TPSA) is 41.1 Å². The molecular formula is C13H22N4. The summed E-state index contributed by atoms with van der Waals surface area (Å²) >= 11 is 0. The number of hydrogen-bond acceptors (Lipinski definition) is 4. The number of nitrogens with zero attached hydrogens (tertiary/aromatic N) is 3. The zero-order valence-electron chi connectivity index (χ0n) is 11.2. The molecule has 0 radical (unpaired) electrons. The predicted molar refractivity (Wildman–Crippen MR) is 70.0 cm³/mol. The molecule has 0 aromatic carbocycles. The van der Waals surface area contributed by atoms with Crippen molar-refractivity contribution in [3.8, 4) is 0 Å². The van der Waals surface area contributed by atoms with Crippen LogP contribution < -0.4 is 10.2 Å². The van der Waals surface area contributed by atoms with Crippen LogP contribution in [0.25, 0.3) is 0 Å². The molecule has 0 spiro atoms. The fraction of sp³-hybridized carbons (Fsp3) is 0.692. The van der Waals surface area contributed by atoms with Crippen molar-refractivity contribution < 1.29 is 0 Å². The van der Waals surface area contributed by atoms with Gasteiger partial charge in [0.1, 0.15) is 5.82 Å². The Morgan fingerprint density at radius 3 is 2.47 bits per heavy atom. The van der Waals surface area contributed by atoms with Gasteiger partial charge >= 0.3 is 0 Å². The Balaban J connectivity index is 1.93. The molecule has 1 aliphatic rings. The highest BCUT2D eigenvalue weighted by Crippen LogP contribution is 2.28. The molecule has 0 bridgehead atoms. The van der Waals surface area contributed by atoms with Crippen molar-refractivity contribution in [1.82, 2.24) is 15.3 Å². The highest BCUT2D eigenvalue weighted by Gasteiger charge is 2.27. The van der Waals surface area contributed by atoms with Gasteiger partial charge in [0.2, 0.25) is 0 Å². The maximum atomic E-state index is 4.46. The lowest BCUT2D eigenvalue weighted by atomic mass is 10.1. The van der Waals surface area contributed by atoms with E-state index in [0.29, 0.717) is 6.04 Å². The van der Waals surface area contributed by atoms with Crippen LogP contribution in [0.4, 0.5) is 5.82 Å². The van der Waals surface area contributed by atoms with Crippen LogP contribution in [0.3, 0.4) is 0 Å². The molecule has 1 aromatic rings. The van der Waals surface area contributed by atoms with Crippen LogP contribution in [0.15, 0.2) is 12.4 Å². The van der Waals surface area contributed by atoms with Crippen molar-refractivity contribution >= 4 is 5.82 Å². The molecule has 17 heavy (non-hydrogen) atoms. The number of rotatable bonds is 4. The van der Waals surface area contributed by atoms with Crippen molar-refractivity contribution in [3.05, 3.63) is 18.1 Å². The van der Waals surface area contributed by atoms with E-state index in [9.17, 15) is 0 Å². The molecule has 1 aromatic heterocycles. The Hall–Kier alpha value is -1.16. The molecule has 2 rings (SSSR count). The average Bonchev–Trinajstić information content (AvgIpc) is 3.09. The van der Waals surface area contributed by atoms with E-state index in [1.807, 2.05) is 12.4 Å². The predicted octanol–water partition coefficient (Wildman–Crippen LogP) is 1.96. The Morgan fingerprint density at radius 2 is 2.00 bits per heavy atom. The van der Waals surface area contributed by atoms with Crippen LogP contribution in [0.2, 0.25) is 0 Å². The minimum Gasteiger partial charge on any atom is -0.355 e. The zero-order valence-corrected chi connectivity index (χ0v) is 11.2. The van der Waals surface area contributed by atoms with Gasteiger partial charge in [-0.1, -0.05) is 0 Å². The van der Waals surface area contributed by atoms with Crippen LogP contribution >= 0.6 is 0 Å². The van der Waals surface area contributed by atoms with E-state index in [1.165, 1.54) is 12.8 Å². The molecule has 1 heterocycles. The Morgan fingerprint density at radius 1 is 1.29 bits per heavy atom. The van der Waals surface area contributed by atoms with Crippen LogP contribution in [-0.4, -0.2) is 28.6 Å². The fourth-order valence-electron chi connectivity index (χ4n) is 1.63. The average molecular weight is 234 g/mol. The first kappa shape index (κ1) is 12.3. The standard InChI is InChI=1S/C13H22N4/c1-13(2,3)16-8-10-7-15-12(9-14-10)17(4)11-5-6-11/h7,9,11,16H,5-6,8H2,1-4H3. The summed E-state index contributed by atoms with van der Waals surface area (Å²) in [6.07, 6.45) is 6.31. The third-order valence-electron chi connectivity index (χ3n) is 2.95. The summed E-state index contributed by atoms with van der Waals surface area (Å²) in [6.45, 7) is 7.21. The van der Waals surface area contributed by atoms with Gasteiger partial charge in [0.25, 0.3) is 0 Å². The summed E-state index contributed by atoms with van der Waals surface area (Å²) in [5, 5.41) is 3.41.